The average Bonchev–Trinajstić information content (AvgIpc) is 1.96. The zero-order valence-electron chi connectivity index (χ0n) is 7.12. The van der Waals surface area contributed by atoms with Gasteiger partial charge in [-0.1, -0.05) is 12.1 Å². The molecule has 0 heterocycles. The zero-order valence-corrected chi connectivity index (χ0v) is 7.94. The van der Waals surface area contributed by atoms with Crippen LogP contribution in [0, 0.1) is 6.92 Å². The molecule has 1 aromatic rings. The fourth-order valence-corrected chi connectivity index (χ4v) is 1.73. The van der Waals surface area contributed by atoms with Crippen LogP contribution in [0.3, 0.4) is 0 Å². The third-order valence-electron chi connectivity index (χ3n) is 1.82. The lowest BCUT2D eigenvalue weighted by molar-refractivity contribution is 0.551. The van der Waals surface area contributed by atoms with Gasteiger partial charge in [0.2, 0.25) is 0 Å². The van der Waals surface area contributed by atoms with E-state index < -0.39 is 16.0 Å². The Bertz CT molecular complexity index is 414. The van der Waals surface area contributed by atoms with Crippen LogP contribution in [0.1, 0.15) is 11.1 Å². The van der Waals surface area contributed by atoms with Gasteiger partial charge in [0.1, 0.15) is 5.75 Å². The van der Waals surface area contributed by atoms with E-state index in [1.807, 2.05) is 0 Å². The van der Waals surface area contributed by atoms with Crippen LogP contribution < -0.4 is 5.73 Å². The van der Waals surface area contributed by atoms with Crippen molar-refractivity contribution in [1.29, 1.82) is 0 Å². The smallest absolute Gasteiger partial charge is 0.306 e. The van der Waals surface area contributed by atoms with Crippen molar-refractivity contribution >= 4 is 15.9 Å². The summed E-state index contributed by atoms with van der Waals surface area (Å²) in [5, 5.41) is 0. The maximum absolute atomic E-state index is 12.3. The van der Waals surface area contributed by atoms with Gasteiger partial charge < -0.3 is 5.73 Å². The third kappa shape index (κ3) is 2.69. The Hall–Kier alpha value is -1.10. The van der Waals surface area contributed by atoms with Gasteiger partial charge in [-0.25, -0.2) is 0 Å². The number of hydrogen-bond donors (Lipinski definition) is 1. The molecule has 0 aliphatic rings. The zero-order chi connectivity index (χ0) is 10.1. The van der Waals surface area contributed by atoms with Gasteiger partial charge in [-0.2, -0.15) is 8.42 Å². The summed E-state index contributed by atoms with van der Waals surface area (Å²) in [6.07, 6.45) is 0. The monoisotopic (exact) mass is 203 g/mol. The van der Waals surface area contributed by atoms with Gasteiger partial charge in [0.25, 0.3) is 0 Å². The molecule has 0 fully saturated rings. The predicted molar refractivity (Wildman–Crippen MR) is 49.3 cm³/mol. The van der Waals surface area contributed by atoms with Crippen LogP contribution in [-0.2, 0) is 16.0 Å². The van der Waals surface area contributed by atoms with Gasteiger partial charge in [-0.05, 0) is 24.1 Å². The van der Waals surface area contributed by atoms with Crippen LogP contribution in [0.15, 0.2) is 18.2 Å². The Morgan fingerprint density at radius 2 is 2.08 bits per heavy atom. The third-order valence-corrected chi connectivity index (χ3v) is 2.47. The second-order valence-electron chi connectivity index (χ2n) is 2.81. The van der Waals surface area contributed by atoms with Gasteiger partial charge in [-0.15, -0.1) is 3.89 Å². The van der Waals surface area contributed by atoms with Crippen molar-refractivity contribution < 1.29 is 12.3 Å². The topological polar surface area (TPSA) is 60.2 Å². The number of hydrogen-bond acceptors (Lipinski definition) is 3. The lowest BCUT2D eigenvalue weighted by Crippen LogP contribution is -2.00. The normalized spacial score (nSPS) is 11.5. The summed E-state index contributed by atoms with van der Waals surface area (Å²) in [7, 11) is -4.47. The second-order valence-corrected chi connectivity index (χ2v) is 4.18. The van der Waals surface area contributed by atoms with E-state index in [2.05, 4.69) is 0 Å². The van der Waals surface area contributed by atoms with Gasteiger partial charge in [0.05, 0.1) is 0 Å². The Morgan fingerprint density at radius 1 is 1.46 bits per heavy atom. The summed E-state index contributed by atoms with van der Waals surface area (Å²) in [4.78, 5) is 0. The second kappa shape index (κ2) is 3.33. The summed E-state index contributed by atoms with van der Waals surface area (Å²) in [6.45, 7) is 1.66. The molecule has 0 spiro atoms. The van der Waals surface area contributed by atoms with Crippen molar-refractivity contribution in [2.24, 2.45) is 0 Å². The van der Waals surface area contributed by atoms with Crippen LogP contribution in [0.25, 0.3) is 0 Å². The van der Waals surface area contributed by atoms with Crippen molar-refractivity contribution in [3.63, 3.8) is 0 Å². The van der Waals surface area contributed by atoms with E-state index >= 15 is 0 Å². The van der Waals surface area contributed by atoms with E-state index in [9.17, 15) is 12.3 Å². The quantitative estimate of drug-likeness (QED) is 0.583. The molecule has 0 bridgehead atoms. The molecular formula is C8H10FNO2S. The molecule has 5 heteroatoms. The van der Waals surface area contributed by atoms with Gasteiger partial charge >= 0.3 is 10.2 Å². The maximum Gasteiger partial charge on any atom is 0.306 e. The Kier molecular flexibility index (Phi) is 2.56. The minimum Gasteiger partial charge on any atom is -0.399 e. The van der Waals surface area contributed by atoms with Crippen molar-refractivity contribution in [2.45, 2.75) is 12.7 Å². The number of halogens is 1. The fraction of sp³-hybridized carbons (Fsp3) is 0.250. The molecule has 0 amide bonds. The first kappa shape index (κ1) is 9.98. The van der Waals surface area contributed by atoms with E-state index in [0.717, 1.165) is 0 Å². The molecule has 0 saturated heterocycles. The molecule has 2 N–H and O–H groups in total. The van der Waals surface area contributed by atoms with Crippen LogP contribution in [-0.4, -0.2) is 8.42 Å². The van der Waals surface area contributed by atoms with E-state index in [1.54, 1.807) is 25.1 Å². The number of anilines is 1. The summed E-state index contributed by atoms with van der Waals surface area (Å²) >= 11 is 0. The average molecular weight is 203 g/mol. The first-order valence-corrected chi connectivity index (χ1v) is 5.22. The highest BCUT2D eigenvalue weighted by Gasteiger charge is 2.11. The first-order valence-electron chi connectivity index (χ1n) is 3.66. The molecule has 0 aromatic heterocycles. The summed E-state index contributed by atoms with van der Waals surface area (Å²) in [5.74, 6) is -0.607. The minimum atomic E-state index is -4.47. The van der Waals surface area contributed by atoms with E-state index in [4.69, 9.17) is 5.73 Å². The molecule has 0 unspecified atom stereocenters. The molecule has 13 heavy (non-hydrogen) atoms. The number of benzene rings is 1. The minimum absolute atomic E-state index is 0.405. The molecule has 3 nitrogen and oxygen atoms in total. The van der Waals surface area contributed by atoms with Crippen molar-refractivity contribution in [3.8, 4) is 0 Å². The molecule has 0 aliphatic carbocycles. The van der Waals surface area contributed by atoms with Gasteiger partial charge in [-0.3, -0.25) is 0 Å². The molecule has 1 rings (SSSR count). The van der Waals surface area contributed by atoms with Crippen molar-refractivity contribution in [3.05, 3.63) is 29.3 Å². The summed E-state index contributed by atoms with van der Waals surface area (Å²) < 4.78 is 33.0. The fourth-order valence-electron chi connectivity index (χ4n) is 1.05. The lowest BCUT2D eigenvalue weighted by atomic mass is 10.1. The Morgan fingerprint density at radius 3 is 2.62 bits per heavy atom. The van der Waals surface area contributed by atoms with Crippen LogP contribution in [0.2, 0.25) is 0 Å². The van der Waals surface area contributed by atoms with Gasteiger partial charge in [0.15, 0.2) is 0 Å². The van der Waals surface area contributed by atoms with E-state index in [-0.39, 0.29) is 0 Å². The molecule has 72 valence electrons. The predicted octanol–water partition coefficient (Wildman–Crippen LogP) is 1.38. The van der Waals surface area contributed by atoms with Crippen LogP contribution in [0.4, 0.5) is 9.57 Å². The number of nitrogens with two attached hydrogens (primary N) is 1. The largest absolute Gasteiger partial charge is 0.399 e. The molecular weight excluding hydrogens is 193 g/mol. The van der Waals surface area contributed by atoms with Crippen molar-refractivity contribution in [1.82, 2.24) is 0 Å². The molecule has 0 radical (unpaired) electrons. The molecule has 1 aromatic carbocycles. The Labute approximate surface area is 76.6 Å². The standard InChI is InChI=1S/C8H10FNO2S/c1-6-7(5-13(9,11)12)3-2-4-8(6)10/h2-4H,5,10H2,1H3. The summed E-state index contributed by atoms with van der Waals surface area (Å²) in [6, 6.07) is 4.79. The lowest BCUT2D eigenvalue weighted by Gasteiger charge is -2.04. The highest BCUT2D eigenvalue weighted by atomic mass is 32.3. The molecule has 0 atom stereocenters. The highest BCUT2D eigenvalue weighted by Crippen LogP contribution is 2.18. The maximum atomic E-state index is 12.3. The van der Waals surface area contributed by atoms with Crippen LogP contribution >= 0.6 is 0 Å². The van der Waals surface area contributed by atoms with E-state index in [1.165, 1.54) is 0 Å². The Balaban J connectivity index is 3.10. The SMILES string of the molecule is Cc1c(N)cccc1CS(=O)(=O)F. The highest BCUT2D eigenvalue weighted by molar-refractivity contribution is 7.85. The van der Waals surface area contributed by atoms with Crippen molar-refractivity contribution in [2.75, 3.05) is 5.73 Å². The van der Waals surface area contributed by atoms with Gasteiger partial charge in [0, 0.05) is 5.69 Å². The molecule has 0 saturated carbocycles. The first-order chi connectivity index (χ1) is 5.90. The van der Waals surface area contributed by atoms with Crippen LogP contribution in [0.5, 0.6) is 0 Å². The summed E-state index contributed by atoms with van der Waals surface area (Å²) in [5.41, 5.74) is 7.02. The number of nitrogen functional groups attached to an aromatic ring is 1. The molecule has 0 aliphatic heterocycles. The van der Waals surface area contributed by atoms with E-state index in [0.29, 0.717) is 16.8 Å². The number of rotatable bonds is 2.